The van der Waals surface area contributed by atoms with Gasteiger partial charge in [0, 0.05) is 10.2 Å². The summed E-state index contributed by atoms with van der Waals surface area (Å²) in [4.78, 5) is 11.8. The molecule has 1 amide bonds. The Morgan fingerprint density at radius 1 is 1.29 bits per heavy atom. The molecule has 0 radical (unpaired) electrons. The van der Waals surface area contributed by atoms with Crippen molar-refractivity contribution in [1.82, 2.24) is 0 Å². The Balaban J connectivity index is 1.95. The van der Waals surface area contributed by atoms with Crippen LogP contribution in [0.15, 0.2) is 46.9 Å². The zero-order chi connectivity index (χ0) is 15.2. The second kappa shape index (κ2) is 6.91. The highest BCUT2D eigenvalue weighted by molar-refractivity contribution is 9.10. The zero-order valence-corrected chi connectivity index (χ0v) is 13.0. The first-order valence-corrected chi connectivity index (χ1v) is 7.07. The van der Waals surface area contributed by atoms with Crippen molar-refractivity contribution in [3.05, 3.63) is 58.1 Å². The number of amides is 1. The molecule has 2 aromatic rings. The Kier molecular flexibility index (Phi) is 4.96. The quantitative estimate of drug-likeness (QED) is 0.920. The molecular weight excluding hydrogens is 332 g/mol. The van der Waals surface area contributed by atoms with Crippen molar-refractivity contribution < 1.29 is 9.53 Å². The minimum Gasteiger partial charge on any atom is -0.483 e. The molecule has 0 atom stereocenters. The number of nitriles is 1. The maximum absolute atomic E-state index is 11.8. The normalized spacial score (nSPS) is 9.76. The van der Waals surface area contributed by atoms with Gasteiger partial charge in [-0.3, -0.25) is 4.79 Å². The third-order valence-electron chi connectivity index (χ3n) is 2.80. The summed E-state index contributed by atoms with van der Waals surface area (Å²) in [5, 5.41) is 11.6. The number of rotatable bonds is 4. The number of benzene rings is 2. The Labute approximate surface area is 131 Å². The Hall–Kier alpha value is -2.32. The number of hydrogen-bond donors (Lipinski definition) is 1. The minimum absolute atomic E-state index is 0.105. The van der Waals surface area contributed by atoms with E-state index in [0.717, 1.165) is 10.0 Å². The van der Waals surface area contributed by atoms with E-state index in [2.05, 4.69) is 21.2 Å². The van der Waals surface area contributed by atoms with E-state index in [1.807, 2.05) is 25.1 Å². The van der Waals surface area contributed by atoms with E-state index >= 15 is 0 Å². The SMILES string of the molecule is Cc1ccc(C#N)cc1OCC(=O)Nc1ccc(Br)cc1. The fourth-order valence-electron chi connectivity index (χ4n) is 1.70. The van der Waals surface area contributed by atoms with E-state index in [1.54, 1.807) is 30.3 Å². The molecule has 0 saturated carbocycles. The van der Waals surface area contributed by atoms with Crippen molar-refractivity contribution in [1.29, 1.82) is 5.26 Å². The van der Waals surface area contributed by atoms with Gasteiger partial charge in [0.2, 0.25) is 0 Å². The maximum Gasteiger partial charge on any atom is 0.262 e. The lowest BCUT2D eigenvalue weighted by molar-refractivity contribution is -0.118. The van der Waals surface area contributed by atoms with Gasteiger partial charge in [-0.05, 0) is 48.9 Å². The van der Waals surface area contributed by atoms with Crippen LogP contribution in [0.4, 0.5) is 5.69 Å². The molecule has 0 aliphatic heterocycles. The molecule has 4 nitrogen and oxygen atoms in total. The van der Waals surface area contributed by atoms with E-state index in [1.165, 1.54) is 0 Å². The van der Waals surface area contributed by atoms with Gasteiger partial charge in [-0.15, -0.1) is 0 Å². The van der Waals surface area contributed by atoms with Crippen LogP contribution in [0.5, 0.6) is 5.75 Å². The molecule has 0 spiro atoms. The minimum atomic E-state index is -0.251. The number of nitrogens with zero attached hydrogens (tertiary/aromatic N) is 1. The topological polar surface area (TPSA) is 62.1 Å². The monoisotopic (exact) mass is 344 g/mol. The van der Waals surface area contributed by atoms with Crippen molar-refractivity contribution in [3.8, 4) is 11.8 Å². The molecule has 0 aliphatic rings. The second-order valence-corrected chi connectivity index (χ2v) is 5.35. The van der Waals surface area contributed by atoms with Crippen molar-refractivity contribution in [3.63, 3.8) is 0 Å². The fraction of sp³-hybridized carbons (Fsp3) is 0.125. The summed E-state index contributed by atoms with van der Waals surface area (Å²) < 4.78 is 6.41. The van der Waals surface area contributed by atoms with Crippen molar-refractivity contribution in [2.75, 3.05) is 11.9 Å². The number of hydrogen-bond acceptors (Lipinski definition) is 3. The lowest BCUT2D eigenvalue weighted by atomic mass is 10.1. The summed E-state index contributed by atoms with van der Waals surface area (Å²) in [6.07, 6.45) is 0. The standard InChI is InChI=1S/C16H13BrN2O2/c1-11-2-3-12(9-18)8-15(11)21-10-16(20)19-14-6-4-13(17)5-7-14/h2-8H,10H2,1H3,(H,19,20). The van der Waals surface area contributed by atoms with Gasteiger partial charge < -0.3 is 10.1 Å². The van der Waals surface area contributed by atoms with Gasteiger partial charge in [-0.2, -0.15) is 5.26 Å². The zero-order valence-electron chi connectivity index (χ0n) is 11.4. The van der Waals surface area contributed by atoms with Crippen LogP contribution in [0.25, 0.3) is 0 Å². The van der Waals surface area contributed by atoms with Gasteiger partial charge in [0.15, 0.2) is 6.61 Å². The first kappa shape index (κ1) is 15.1. The van der Waals surface area contributed by atoms with Crippen LogP contribution in [-0.4, -0.2) is 12.5 Å². The van der Waals surface area contributed by atoms with Crippen LogP contribution in [0, 0.1) is 18.3 Å². The van der Waals surface area contributed by atoms with Crippen LogP contribution in [0.3, 0.4) is 0 Å². The molecule has 106 valence electrons. The number of anilines is 1. The van der Waals surface area contributed by atoms with Crippen molar-refractivity contribution >= 4 is 27.5 Å². The van der Waals surface area contributed by atoms with E-state index in [0.29, 0.717) is 17.0 Å². The van der Waals surface area contributed by atoms with Gasteiger partial charge >= 0.3 is 0 Å². The summed E-state index contributed by atoms with van der Waals surface area (Å²) in [5.74, 6) is 0.291. The van der Waals surface area contributed by atoms with E-state index < -0.39 is 0 Å². The largest absolute Gasteiger partial charge is 0.483 e. The molecule has 2 rings (SSSR count). The molecule has 0 fully saturated rings. The molecule has 21 heavy (non-hydrogen) atoms. The summed E-state index contributed by atoms with van der Waals surface area (Å²) in [6, 6.07) is 14.5. The van der Waals surface area contributed by atoms with Crippen molar-refractivity contribution in [2.45, 2.75) is 6.92 Å². The van der Waals surface area contributed by atoms with Crippen LogP contribution >= 0.6 is 15.9 Å². The van der Waals surface area contributed by atoms with Gasteiger partial charge in [0.1, 0.15) is 5.75 Å². The lowest BCUT2D eigenvalue weighted by Crippen LogP contribution is -2.20. The molecule has 0 unspecified atom stereocenters. The summed E-state index contributed by atoms with van der Waals surface area (Å²) in [7, 11) is 0. The van der Waals surface area contributed by atoms with Crippen LogP contribution in [-0.2, 0) is 4.79 Å². The van der Waals surface area contributed by atoms with E-state index in [4.69, 9.17) is 10.00 Å². The van der Waals surface area contributed by atoms with Crippen molar-refractivity contribution in [2.24, 2.45) is 0 Å². The molecule has 0 aromatic heterocycles. The molecule has 0 heterocycles. The van der Waals surface area contributed by atoms with E-state index in [-0.39, 0.29) is 12.5 Å². The third kappa shape index (κ3) is 4.33. The number of aryl methyl sites for hydroxylation is 1. The summed E-state index contributed by atoms with van der Waals surface area (Å²) in [6.45, 7) is 1.76. The molecule has 5 heteroatoms. The predicted molar refractivity (Wildman–Crippen MR) is 84.2 cm³/mol. The number of ether oxygens (including phenoxy) is 1. The summed E-state index contributed by atoms with van der Waals surface area (Å²) >= 11 is 3.33. The van der Waals surface area contributed by atoms with Crippen LogP contribution < -0.4 is 10.1 Å². The average molecular weight is 345 g/mol. The Morgan fingerprint density at radius 2 is 2.00 bits per heavy atom. The van der Waals surface area contributed by atoms with Gasteiger partial charge in [-0.25, -0.2) is 0 Å². The first-order valence-electron chi connectivity index (χ1n) is 6.27. The molecule has 0 saturated heterocycles. The number of carbonyl (C=O) groups is 1. The Bertz CT molecular complexity index is 690. The van der Waals surface area contributed by atoms with Crippen LogP contribution in [0.2, 0.25) is 0 Å². The lowest BCUT2D eigenvalue weighted by Gasteiger charge is -2.10. The second-order valence-electron chi connectivity index (χ2n) is 4.44. The average Bonchev–Trinajstić information content (AvgIpc) is 2.49. The smallest absolute Gasteiger partial charge is 0.262 e. The number of nitrogens with one attached hydrogen (secondary N) is 1. The number of halogens is 1. The number of carbonyl (C=O) groups excluding carboxylic acids is 1. The van der Waals surface area contributed by atoms with Gasteiger partial charge in [-0.1, -0.05) is 22.0 Å². The molecule has 2 aromatic carbocycles. The highest BCUT2D eigenvalue weighted by atomic mass is 79.9. The first-order chi connectivity index (χ1) is 10.1. The predicted octanol–water partition coefficient (Wildman–Crippen LogP) is 3.65. The molecule has 1 N–H and O–H groups in total. The fourth-order valence-corrected chi connectivity index (χ4v) is 1.96. The highest BCUT2D eigenvalue weighted by Crippen LogP contribution is 2.19. The Morgan fingerprint density at radius 3 is 2.67 bits per heavy atom. The molecule has 0 aliphatic carbocycles. The van der Waals surface area contributed by atoms with Crippen LogP contribution in [0.1, 0.15) is 11.1 Å². The van der Waals surface area contributed by atoms with Gasteiger partial charge in [0.25, 0.3) is 5.91 Å². The third-order valence-corrected chi connectivity index (χ3v) is 3.33. The molecule has 0 bridgehead atoms. The molecular formula is C16H13BrN2O2. The summed E-state index contributed by atoms with van der Waals surface area (Å²) in [5.41, 5.74) is 2.09. The maximum atomic E-state index is 11.8. The van der Waals surface area contributed by atoms with Gasteiger partial charge in [0.05, 0.1) is 11.6 Å². The van der Waals surface area contributed by atoms with E-state index in [9.17, 15) is 4.79 Å². The highest BCUT2D eigenvalue weighted by Gasteiger charge is 2.06.